The highest BCUT2D eigenvalue weighted by Gasteiger charge is 2.39. The van der Waals surface area contributed by atoms with Gasteiger partial charge in [0.1, 0.15) is 0 Å². The molecule has 0 spiro atoms. The van der Waals surface area contributed by atoms with Crippen molar-refractivity contribution in [1.29, 1.82) is 0 Å². The van der Waals surface area contributed by atoms with Gasteiger partial charge in [0.2, 0.25) is 0 Å². The van der Waals surface area contributed by atoms with E-state index in [0.29, 0.717) is 0 Å². The van der Waals surface area contributed by atoms with Crippen LogP contribution in [0.3, 0.4) is 0 Å². The van der Waals surface area contributed by atoms with E-state index in [1.165, 1.54) is 44.2 Å². The van der Waals surface area contributed by atoms with Gasteiger partial charge in [-0.25, -0.2) is 0 Å². The molecule has 0 radical (unpaired) electrons. The van der Waals surface area contributed by atoms with Crippen molar-refractivity contribution in [2.75, 3.05) is 6.54 Å². The topological polar surface area (TPSA) is 23.5 Å². The number of benzene rings is 1. The van der Waals surface area contributed by atoms with Crippen LogP contribution in [0.25, 0.3) is 0 Å². The van der Waals surface area contributed by atoms with Crippen LogP contribution in [0.15, 0.2) is 24.3 Å². The maximum Gasteiger partial charge on any atom is 0.0942 e. The average molecular weight is 273 g/mol. The van der Waals surface area contributed by atoms with Crippen LogP contribution in [-0.2, 0) is 0 Å². The first kappa shape index (κ1) is 14.1. The second-order valence-electron chi connectivity index (χ2n) is 6.73. The Morgan fingerprint density at radius 1 is 1.10 bits per heavy atom. The number of likely N-dealkylation sites (tertiary alicyclic amines) is 1. The van der Waals surface area contributed by atoms with Gasteiger partial charge in [0.05, 0.1) is 6.10 Å². The number of nitrogens with zero attached hydrogens (tertiary/aromatic N) is 1. The number of rotatable bonds is 3. The molecule has 2 fully saturated rings. The Hall–Kier alpha value is -0.860. The first-order chi connectivity index (χ1) is 9.66. The van der Waals surface area contributed by atoms with Crippen LogP contribution < -0.4 is 0 Å². The number of aliphatic hydroxyl groups excluding tert-OH is 1. The Labute approximate surface area is 122 Å². The predicted octanol–water partition coefficient (Wildman–Crippen LogP) is 3.68. The first-order valence-electron chi connectivity index (χ1n) is 8.17. The highest BCUT2D eigenvalue weighted by atomic mass is 16.3. The van der Waals surface area contributed by atoms with Crippen molar-refractivity contribution in [3.63, 3.8) is 0 Å². The van der Waals surface area contributed by atoms with Crippen LogP contribution in [0.5, 0.6) is 0 Å². The number of aryl methyl sites for hydroxylation is 1. The zero-order chi connectivity index (χ0) is 14.1. The zero-order valence-electron chi connectivity index (χ0n) is 12.8. The molecule has 3 rings (SSSR count). The second-order valence-corrected chi connectivity index (χ2v) is 6.73. The molecule has 1 aliphatic heterocycles. The fourth-order valence-electron chi connectivity index (χ4n) is 4.17. The molecule has 2 heteroatoms. The summed E-state index contributed by atoms with van der Waals surface area (Å²) in [5, 5.41) is 10.7. The third-order valence-electron chi connectivity index (χ3n) is 5.45. The summed E-state index contributed by atoms with van der Waals surface area (Å²) in [4.78, 5) is 2.58. The Morgan fingerprint density at radius 2 is 1.80 bits per heavy atom. The molecule has 1 aliphatic carbocycles. The Balaban J connectivity index is 1.71. The van der Waals surface area contributed by atoms with E-state index in [4.69, 9.17) is 0 Å². The first-order valence-corrected chi connectivity index (χ1v) is 8.17. The lowest BCUT2D eigenvalue weighted by Gasteiger charge is -2.37. The van der Waals surface area contributed by atoms with Crippen LogP contribution in [0.1, 0.15) is 56.3 Å². The lowest BCUT2D eigenvalue weighted by atomic mass is 9.84. The SMILES string of the molecule is Cc1ccc(C(O)C(C)N2CCC3CCCCC32)cc1. The molecule has 1 saturated heterocycles. The molecular weight excluding hydrogens is 246 g/mol. The minimum absolute atomic E-state index is 0.228. The number of hydrogen-bond donors (Lipinski definition) is 1. The van der Waals surface area contributed by atoms with Gasteiger partial charge < -0.3 is 5.11 Å². The summed E-state index contributed by atoms with van der Waals surface area (Å²) in [5.41, 5.74) is 2.31. The lowest BCUT2D eigenvalue weighted by Crippen LogP contribution is -2.43. The summed E-state index contributed by atoms with van der Waals surface area (Å²) in [6, 6.07) is 9.29. The van der Waals surface area contributed by atoms with Crippen LogP contribution in [0.4, 0.5) is 0 Å². The molecule has 0 aromatic heterocycles. The van der Waals surface area contributed by atoms with Gasteiger partial charge in [-0.05, 0) is 51.1 Å². The summed E-state index contributed by atoms with van der Waals surface area (Å²) in [6.45, 7) is 5.45. The van der Waals surface area contributed by atoms with E-state index >= 15 is 0 Å². The predicted molar refractivity (Wildman–Crippen MR) is 82.7 cm³/mol. The normalized spacial score (nSPS) is 29.9. The highest BCUT2D eigenvalue weighted by molar-refractivity contribution is 5.24. The monoisotopic (exact) mass is 273 g/mol. The third kappa shape index (κ3) is 2.64. The minimum Gasteiger partial charge on any atom is -0.387 e. The fraction of sp³-hybridized carbons (Fsp3) is 0.667. The van der Waals surface area contributed by atoms with Gasteiger partial charge in [-0.3, -0.25) is 4.90 Å². The summed E-state index contributed by atoms with van der Waals surface area (Å²) in [6.07, 6.45) is 6.46. The number of hydrogen-bond acceptors (Lipinski definition) is 2. The molecule has 1 heterocycles. The summed E-state index contributed by atoms with van der Waals surface area (Å²) in [5.74, 6) is 0.886. The van der Waals surface area contributed by atoms with E-state index in [9.17, 15) is 5.11 Å². The van der Waals surface area contributed by atoms with Crippen LogP contribution in [-0.4, -0.2) is 28.6 Å². The molecule has 4 unspecified atom stereocenters. The molecule has 1 aromatic rings. The summed E-state index contributed by atoms with van der Waals surface area (Å²) in [7, 11) is 0. The number of fused-ring (bicyclic) bond motifs is 1. The maximum atomic E-state index is 10.7. The molecule has 0 bridgehead atoms. The number of aliphatic hydroxyl groups is 1. The van der Waals surface area contributed by atoms with E-state index in [0.717, 1.165) is 17.5 Å². The minimum atomic E-state index is -0.365. The van der Waals surface area contributed by atoms with Gasteiger partial charge in [-0.2, -0.15) is 0 Å². The molecule has 110 valence electrons. The molecular formula is C18H27NO. The maximum absolute atomic E-state index is 10.7. The van der Waals surface area contributed by atoms with Crippen molar-refractivity contribution in [2.45, 2.75) is 64.1 Å². The molecule has 1 saturated carbocycles. The van der Waals surface area contributed by atoms with E-state index in [1.54, 1.807) is 0 Å². The smallest absolute Gasteiger partial charge is 0.0942 e. The van der Waals surface area contributed by atoms with Gasteiger partial charge in [-0.15, -0.1) is 0 Å². The van der Waals surface area contributed by atoms with Crippen molar-refractivity contribution in [1.82, 2.24) is 4.90 Å². The Kier molecular flexibility index (Phi) is 4.13. The summed E-state index contributed by atoms with van der Waals surface area (Å²) < 4.78 is 0. The molecule has 2 aliphatic rings. The molecule has 20 heavy (non-hydrogen) atoms. The van der Waals surface area contributed by atoms with Gasteiger partial charge in [0, 0.05) is 12.1 Å². The Bertz CT molecular complexity index is 441. The van der Waals surface area contributed by atoms with Crippen LogP contribution in [0, 0.1) is 12.8 Å². The van der Waals surface area contributed by atoms with E-state index in [-0.39, 0.29) is 12.1 Å². The second kappa shape index (κ2) is 5.87. The van der Waals surface area contributed by atoms with Gasteiger partial charge in [-0.1, -0.05) is 42.7 Å². The fourth-order valence-corrected chi connectivity index (χ4v) is 4.17. The van der Waals surface area contributed by atoms with Gasteiger partial charge in [0.15, 0.2) is 0 Å². The van der Waals surface area contributed by atoms with Gasteiger partial charge >= 0.3 is 0 Å². The summed E-state index contributed by atoms with van der Waals surface area (Å²) >= 11 is 0. The molecule has 1 aromatic carbocycles. The van der Waals surface area contributed by atoms with Crippen molar-refractivity contribution < 1.29 is 5.11 Å². The molecule has 0 amide bonds. The largest absolute Gasteiger partial charge is 0.387 e. The zero-order valence-corrected chi connectivity index (χ0v) is 12.8. The molecule has 1 N–H and O–H groups in total. The highest BCUT2D eigenvalue weighted by Crippen LogP contribution is 2.39. The Morgan fingerprint density at radius 3 is 2.55 bits per heavy atom. The molecule has 4 atom stereocenters. The quantitative estimate of drug-likeness (QED) is 0.908. The van der Waals surface area contributed by atoms with Crippen molar-refractivity contribution in [3.8, 4) is 0 Å². The average Bonchev–Trinajstić information content (AvgIpc) is 2.90. The van der Waals surface area contributed by atoms with Crippen molar-refractivity contribution >= 4 is 0 Å². The van der Waals surface area contributed by atoms with Crippen LogP contribution in [0.2, 0.25) is 0 Å². The van der Waals surface area contributed by atoms with E-state index in [1.807, 2.05) is 0 Å². The van der Waals surface area contributed by atoms with Crippen molar-refractivity contribution in [3.05, 3.63) is 35.4 Å². The van der Waals surface area contributed by atoms with Crippen molar-refractivity contribution in [2.24, 2.45) is 5.92 Å². The lowest BCUT2D eigenvalue weighted by molar-refractivity contribution is 0.0370. The van der Waals surface area contributed by atoms with Gasteiger partial charge in [0.25, 0.3) is 0 Å². The standard InChI is InChI=1S/C18H27NO/c1-13-7-9-16(10-8-13)18(20)14(2)19-12-11-15-5-3-4-6-17(15)19/h7-10,14-15,17-18,20H,3-6,11-12H2,1-2H3. The molecule has 2 nitrogen and oxygen atoms in total. The van der Waals surface area contributed by atoms with E-state index < -0.39 is 0 Å². The van der Waals surface area contributed by atoms with Crippen LogP contribution >= 0.6 is 0 Å². The van der Waals surface area contributed by atoms with E-state index in [2.05, 4.69) is 43.0 Å². The third-order valence-corrected chi connectivity index (χ3v) is 5.45.